The molecule has 0 fully saturated rings. The lowest BCUT2D eigenvalue weighted by Gasteiger charge is -1.95. The van der Waals surface area contributed by atoms with Gasteiger partial charge in [-0.1, -0.05) is 13.8 Å². The van der Waals surface area contributed by atoms with E-state index < -0.39 is 18.0 Å². The summed E-state index contributed by atoms with van der Waals surface area (Å²) >= 11 is 0. The minimum atomic E-state index is -1.80. The van der Waals surface area contributed by atoms with E-state index >= 15 is 0 Å². The van der Waals surface area contributed by atoms with Gasteiger partial charge in [0, 0.05) is 0 Å². The summed E-state index contributed by atoms with van der Waals surface area (Å²) in [5.74, 6) is -3.06. The molecule has 0 radical (unpaired) electrons. The van der Waals surface area contributed by atoms with Gasteiger partial charge in [-0.05, 0) is 13.1 Å². The van der Waals surface area contributed by atoms with Crippen LogP contribution in [-0.2, 0) is 9.59 Å². The van der Waals surface area contributed by atoms with Crippen LogP contribution in [0, 0.1) is 0 Å². The van der Waals surface area contributed by atoms with Crippen molar-refractivity contribution in [3.63, 3.8) is 0 Å². The van der Waals surface area contributed by atoms with E-state index in [4.69, 9.17) is 10.2 Å². The Morgan fingerprint density at radius 1 is 1.21 bits per heavy atom. The number of carboxylic acids is 2. The lowest BCUT2D eigenvalue weighted by Crippen LogP contribution is -2.38. The van der Waals surface area contributed by atoms with Gasteiger partial charge in [0.15, 0.2) is 0 Å². The molecule has 0 amide bonds. The Balaban J connectivity index is -0.000000177. The van der Waals surface area contributed by atoms with Crippen molar-refractivity contribution in [2.45, 2.75) is 19.9 Å². The van der Waals surface area contributed by atoms with Gasteiger partial charge in [-0.3, -0.25) is 0 Å². The highest BCUT2D eigenvalue weighted by Gasteiger charge is 2.18. The topological polar surface area (TPSA) is 113 Å². The van der Waals surface area contributed by atoms with Crippen LogP contribution in [-0.4, -0.2) is 41.3 Å². The summed E-state index contributed by atoms with van der Waals surface area (Å²) in [6.07, 6.45) is 0. The third kappa shape index (κ3) is 13.7. The highest BCUT2D eigenvalue weighted by Crippen LogP contribution is 1.74. The van der Waals surface area contributed by atoms with Crippen LogP contribution in [0.15, 0.2) is 0 Å². The first-order valence-corrected chi connectivity index (χ1v) is 3.89. The van der Waals surface area contributed by atoms with E-state index in [9.17, 15) is 9.59 Å². The number of hydrogen-bond acceptors (Lipinski definition) is 4. The molecule has 0 aliphatic rings. The van der Waals surface area contributed by atoms with Gasteiger partial charge < -0.3 is 21.3 Å². The molecule has 7 heteroatoms. The molecular formula is C7H17ClN2O4. The second kappa shape index (κ2) is 12.2. The molecule has 0 saturated carbocycles. The molecule has 0 aromatic rings. The molecule has 0 aliphatic heterocycles. The Hall–Kier alpha value is -0.850. The summed E-state index contributed by atoms with van der Waals surface area (Å²) in [7, 11) is 0. The first-order chi connectivity index (χ1) is 5.97. The molecule has 0 bridgehead atoms. The molecule has 14 heavy (non-hydrogen) atoms. The summed E-state index contributed by atoms with van der Waals surface area (Å²) in [5, 5.41) is 18.8. The van der Waals surface area contributed by atoms with Gasteiger partial charge in [0.1, 0.15) is 0 Å². The van der Waals surface area contributed by atoms with Gasteiger partial charge in [-0.15, -0.1) is 12.4 Å². The van der Waals surface area contributed by atoms with E-state index in [0.29, 0.717) is 0 Å². The van der Waals surface area contributed by atoms with Crippen molar-refractivity contribution in [1.29, 1.82) is 0 Å². The van der Waals surface area contributed by atoms with Crippen LogP contribution < -0.4 is 11.1 Å². The van der Waals surface area contributed by atoms with Crippen LogP contribution >= 0.6 is 12.4 Å². The molecule has 0 saturated heterocycles. The second-order valence-corrected chi connectivity index (χ2v) is 2.11. The Morgan fingerprint density at radius 2 is 1.50 bits per heavy atom. The Bertz CT molecular complexity index is 150. The number of carbonyl (C=O) groups is 2. The minimum absolute atomic E-state index is 0. The fourth-order valence-electron chi connectivity index (χ4n) is 0.356. The third-order valence-electron chi connectivity index (χ3n) is 1.03. The van der Waals surface area contributed by atoms with Gasteiger partial charge >= 0.3 is 11.9 Å². The lowest BCUT2D eigenvalue weighted by molar-refractivity contribution is -0.149. The molecule has 0 aliphatic carbocycles. The SMILES string of the molecule is CCNCC.Cl.NC(C(=O)O)C(=O)O. The largest absolute Gasteiger partial charge is 0.480 e. The summed E-state index contributed by atoms with van der Waals surface area (Å²) < 4.78 is 0. The van der Waals surface area contributed by atoms with Crippen molar-refractivity contribution in [3.05, 3.63) is 0 Å². The van der Waals surface area contributed by atoms with Gasteiger partial charge in [0.2, 0.25) is 6.04 Å². The fraction of sp³-hybridized carbons (Fsp3) is 0.714. The summed E-state index contributed by atoms with van der Waals surface area (Å²) in [5.41, 5.74) is 4.56. The predicted molar refractivity (Wildman–Crippen MR) is 54.7 cm³/mol. The monoisotopic (exact) mass is 228 g/mol. The second-order valence-electron chi connectivity index (χ2n) is 2.11. The third-order valence-corrected chi connectivity index (χ3v) is 1.03. The molecule has 6 nitrogen and oxygen atoms in total. The molecular weight excluding hydrogens is 212 g/mol. The number of hydrogen-bond donors (Lipinski definition) is 4. The van der Waals surface area contributed by atoms with Crippen molar-refractivity contribution >= 4 is 24.3 Å². The smallest absolute Gasteiger partial charge is 0.332 e. The number of aliphatic carboxylic acids is 2. The molecule has 0 aromatic heterocycles. The van der Waals surface area contributed by atoms with Crippen molar-refractivity contribution in [3.8, 4) is 0 Å². The van der Waals surface area contributed by atoms with E-state index in [1.54, 1.807) is 0 Å². The first kappa shape index (κ1) is 18.8. The average Bonchev–Trinajstić information content (AvgIpc) is 2.05. The van der Waals surface area contributed by atoms with Gasteiger partial charge in [0.25, 0.3) is 0 Å². The number of nitrogens with two attached hydrogens (primary N) is 1. The quantitative estimate of drug-likeness (QED) is 0.484. The van der Waals surface area contributed by atoms with E-state index in [2.05, 4.69) is 24.9 Å². The summed E-state index contributed by atoms with van der Waals surface area (Å²) in [6.45, 7) is 6.39. The maximum Gasteiger partial charge on any atom is 0.332 e. The number of rotatable bonds is 4. The number of nitrogens with one attached hydrogen (secondary N) is 1. The average molecular weight is 229 g/mol. The molecule has 0 unspecified atom stereocenters. The zero-order valence-electron chi connectivity index (χ0n) is 8.19. The fourth-order valence-corrected chi connectivity index (χ4v) is 0.356. The zero-order valence-corrected chi connectivity index (χ0v) is 9.00. The number of carboxylic acid groups (broad SMARTS) is 2. The molecule has 0 heterocycles. The summed E-state index contributed by atoms with van der Waals surface area (Å²) in [4.78, 5) is 19.3. The maximum atomic E-state index is 9.63. The Labute approximate surface area is 88.9 Å². The van der Waals surface area contributed by atoms with Crippen molar-refractivity contribution in [1.82, 2.24) is 5.32 Å². The lowest BCUT2D eigenvalue weighted by atomic mass is 10.3. The molecule has 0 aromatic carbocycles. The number of halogens is 1. The van der Waals surface area contributed by atoms with E-state index in [1.165, 1.54) is 0 Å². The molecule has 0 rings (SSSR count). The van der Waals surface area contributed by atoms with E-state index in [1.807, 2.05) is 0 Å². The predicted octanol–water partition coefficient (Wildman–Crippen LogP) is -0.479. The highest BCUT2D eigenvalue weighted by atomic mass is 35.5. The molecule has 0 spiro atoms. The maximum absolute atomic E-state index is 9.63. The molecule has 0 atom stereocenters. The van der Waals surface area contributed by atoms with E-state index in [-0.39, 0.29) is 12.4 Å². The first-order valence-electron chi connectivity index (χ1n) is 3.89. The van der Waals surface area contributed by atoms with Gasteiger partial charge in [-0.2, -0.15) is 0 Å². The summed E-state index contributed by atoms with van der Waals surface area (Å²) in [6, 6.07) is -1.80. The van der Waals surface area contributed by atoms with Crippen LogP contribution in [0.2, 0.25) is 0 Å². The van der Waals surface area contributed by atoms with Crippen molar-refractivity contribution in [2.24, 2.45) is 5.73 Å². The van der Waals surface area contributed by atoms with E-state index in [0.717, 1.165) is 13.1 Å². The van der Waals surface area contributed by atoms with Crippen LogP contribution in [0.4, 0.5) is 0 Å². The van der Waals surface area contributed by atoms with Crippen LogP contribution in [0.25, 0.3) is 0 Å². The van der Waals surface area contributed by atoms with Crippen LogP contribution in [0.3, 0.4) is 0 Å². The van der Waals surface area contributed by atoms with Crippen LogP contribution in [0.1, 0.15) is 13.8 Å². The Kier molecular flexibility index (Phi) is 16.4. The minimum Gasteiger partial charge on any atom is -0.480 e. The standard InChI is InChI=1S/C4H11N.C3H5NO4.ClH/c1-3-5-4-2;4-1(2(5)6)3(7)8;/h5H,3-4H2,1-2H3;1H,4H2,(H,5,6)(H,7,8);1H. The molecule has 5 N–H and O–H groups in total. The van der Waals surface area contributed by atoms with Gasteiger partial charge in [-0.25, -0.2) is 9.59 Å². The van der Waals surface area contributed by atoms with Crippen molar-refractivity contribution < 1.29 is 19.8 Å². The molecule has 86 valence electrons. The zero-order chi connectivity index (χ0) is 10.9. The normalized spacial score (nSPS) is 8.29. The highest BCUT2D eigenvalue weighted by molar-refractivity contribution is 5.96. The van der Waals surface area contributed by atoms with Crippen molar-refractivity contribution in [2.75, 3.05) is 13.1 Å². The van der Waals surface area contributed by atoms with Crippen LogP contribution in [0.5, 0.6) is 0 Å². The Morgan fingerprint density at radius 3 is 1.50 bits per heavy atom. The van der Waals surface area contributed by atoms with Gasteiger partial charge in [0.05, 0.1) is 0 Å².